The van der Waals surface area contributed by atoms with Crippen LogP contribution in [0.1, 0.15) is 63.8 Å². The lowest BCUT2D eigenvalue weighted by molar-refractivity contribution is 0.422. The van der Waals surface area contributed by atoms with E-state index >= 15 is 0 Å². The second kappa shape index (κ2) is 8.14. The maximum atomic E-state index is 4.68. The van der Waals surface area contributed by atoms with Crippen LogP contribution in [-0.2, 0) is 12.2 Å². The summed E-state index contributed by atoms with van der Waals surface area (Å²) in [6.45, 7) is 16.3. The Kier molecular flexibility index (Phi) is 7.14. The van der Waals surface area contributed by atoms with Gasteiger partial charge in [0.25, 0.3) is 0 Å². The number of aromatic nitrogens is 2. The van der Waals surface area contributed by atoms with Gasteiger partial charge < -0.3 is 5.32 Å². The SMILES string of the molecule is Cc1nc(CSC(C)C)nc(C)c1CCCNC(C)(C)C. The molecule has 120 valence electrons. The van der Waals surface area contributed by atoms with E-state index in [9.17, 15) is 0 Å². The Bertz CT molecular complexity index is 427. The zero-order valence-corrected chi connectivity index (χ0v) is 15.5. The van der Waals surface area contributed by atoms with Crippen molar-refractivity contribution in [2.75, 3.05) is 6.54 Å². The molecule has 0 aliphatic heterocycles. The molecule has 0 atom stereocenters. The lowest BCUT2D eigenvalue weighted by atomic mass is 10.1. The Labute approximate surface area is 134 Å². The second-order valence-electron chi connectivity index (χ2n) is 6.93. The summed E-state index contributed by atoms with van der Waals surface area (Å²) in [6.07, 6.45) is 2.18. The molecule has 1 aromatic rings. The molecule has 1 rings (SSSR count). The summed E-state index contributed by atoms with van der Waals surface area (Å²) in [5, 5.41) is 4.15. The minimum absolute atomic E-state index is 0.193. The third-order valence-corrected chi connectivity index (χ3v) is 4.36. The summed E-state index contributed by atoms with van der Waals surface area (Å²) in [6, 6.07) is 0. The molecule has 0 spiro atoms. The first-order chi connectivity index (χ1) is 9.69. The zero-order valence-electron chi connectivity index (χ0n) is 14.7. The number of hydrogen-bond acceptors (Lipinski definition) is 4. The van der Waals surface area contributed by atoms with Crippen molar-refractivity contribution < 1.29 is 0 Å². The number of rotatable bonds is 7. The van der Waals surface area contributed by atoms with Gasteiger partial charge in [0, 0.05) is 16.9 Å². The Morgan fingerprint density at radius 3 is 2.14 bits per heavy atom. The van der Waals surface area contributed by atoms with Crippen molar-refractivity contribution in [1.29, 1.82) is 0 Å². The molecule has 1 heterocycles. The number of aryl methyl sites for hydroxylation is 2. The minimum atomic E-state index is 0.193. The van der Waals surface area contributed by atoms with Crippen LogP contribution in [0, 0.1) is 13.8 Å². The summed E-state index contributed by atoms with van der Waals surface area (Å²) < 4.78 is 0. The van der Waals surface area contributed by atoms with Crippen LogP contribution in [0.2, 0.25) is 0 Å². The van der Waals surface area contributed by atoms with Crippen molar-refractivity contribution in [2.24, 2.45) is 0 Å². The maximum absolute atomic E-state index is 4.68. The first kappa shape index (κ1) is 18.4. The topological polar surface area (TPSA) is 37.8 Å². The van der Waals surface area contributed by atoms with Crippen LogP contribution < -0.4 is 5.32 Å². The highest BCUT2D eigenvalue weighted by molar-refractivity contribution is 7.99. The number of nitrogens with zero attached hydrogens (tertiary/aromatic N) is 2. The van der Waals surface area contributed by atoms with Gasteiger partial charge in [0.1, 0.15) is 5.82 Å². The van der Waals surface area contributed by atoms with Gasteiger partial charge in [0.15, 0.2) is 0 Å². The quantitative estimate of drug-likeness (QED) is 0.771. The molecule has 0 saturated heterocycles. The van der Waals surface area contributed by atoms with Crippen LogP contribution in [0.25, 0.3) is 0 Å². The summed E-state index contributed by atoms with van der Waals surface area (Å²) in [5.41, 5.74) is 3.82. The van der Waals surface area contributed by atoms with Gasteiger partial charge in [-0.15, -0.1) is 0 Å². The van der Waals surface area contributed by atoms with E-state index in [0.29, 0.717) is 5.25 Å². The lowest BCUT2D eigenvalue weighted by Crippen LogP contribution is -2.36. The third kappa shape index (κ3) is 7.28. The summed E-state index contributed by atoms with van der Waals surface area (Å²) >= 11 is 1.90. The van der Waals surface area contributed by atoms with Crippen LogP contribution in [0.15, 0.2) is 0 Å². The fraction of sp³-hybridized carbons (Fsp3) is 0.765. The van der Waals surface area contributed by atoms with E-state index in [1.54, 1.807) is 0 Å². The molecule has 21 heavy (non-hydrogen) atoms. The van der Waals surface area contributed by atoms with Gasteiger partial charge in [0.05, 0.1) is 5.75 Å². The van der Waals surface area contributed by atoms with Crippen LogP contribution in [0.3, 0.4) is 0 Å². The van der Waals surface area contributed by atoms with Gasteiger partial charge in [-0.05, 0) is 64.8 Å². The van der Waals surface area contributed by atoms with Crippen molar-refractivity contribution in [3.8, 4) is 0 Å². The second-order valence-corrected chi connectivity index (χ2v) is 8.49. The van der Waals surface area contributed by atoms with Crippen molar-refractivity contribution in [3.05, 3.63) is 22.8 Å². The lowest BCUT2D eigenvalue weighted by Gasteiger charge is -2.20. The smallest absolute Gasteiger partial charge is 0.138 e. The molecule has 0 saturated carbocycles. The third-order valence-electron chi connectivity index (χ3n) is 3.27. The highest BCUT2D eigenvalue weighted by Gasteiger charge is 2.11. The highest BCUT2D eigenvalue weighted by Crippen LogP contribution is 2.18. The summed E-state index contributed by atoms with van der Waals surface area (Å²) in [5.74, 6) is 1.88. The van der Waals surface area contributed by atoms with Gasteiger partial charge in [-0.2, -0.15) is 11.8 Å². The number of thioether (sulfide) groups is 1. The molecule has 0 aromatic carbocycles. The van der Waals surface area contributed by atoms with Crippen molar-refractivity contribution in [1.82, 2.24) is 15.3 Å². The van der Waals surface area contributed by atoms with Crippen molar-refractivity contribution in [3.63, 3.8) is 0 Å². The molecule has 0 bridgehead atoms. The average molecular weight is 310 g/mol. The summed E-state index contributed by atoms with van der Waals surface area (Å²) in [7, 11) is 0. The highest BCUT2D eigenvalue weighted by atomic mass is 32.2. The minimum Gasteiger partial charge on any atom is -0.312 e. The monoisotopic (exact) mass is 309 g/mol. The van der Waals surface area contributed by atoms with Crippen molar-refractivity contribution >= 4 is 11.8 Å². The van der Waals surface area contributed by atoms with Crippen LogP contribution in [-0.4, -0.2) is 27.3 Å². The van der Waals surface area contributed by atoms with Gasteiger partial charge in [-0.25, -0.2) is 9.97 Å². The first-order valence-electron chi connectivity index (χ1n) is 7.88. The largest absolute Gasteiger partial charge is 0.312 e. The fourth-order valence-electron chi connectivity index (χ4n) is 2.21. The van der Waals surface area contributed by atoms with E-state index < -0.39 is 0 Å². The predicted molar refractivity (Wildman–Crippen MR) is 94.0 cm³/mol. The molecule has 3 nitrogen and oxygen atoms in total. The molecule has 0 radical (unpaired) electrons. The van der Waals surface area contributed by atoms with Gasteiger partial charge >= 0.3 is 0 Å². The van der Waals surface area contributed by atoms with E-state index in [1.165, 1.54) is 5.56 Å². The molecule has 1 aromatic heterocycles. The van der Waals surface area contributed by atoms with Crippen LogP contribution >= 0.6 is 11.8 Å². The Morgan fingerprint density at radius 1 is 1.10 bits per heavy atom. The van der Waals surface area contributed by atoms with E-state index in [0.717, 1.165) is 42.4 Å². The van der Waals surface area contributed by atoms with E-state index in [1.807, 2.05) is 11.8 Å². The molecule has 0 amide bonds. The van der Waals surface area contributed by atoms with Gasteiger partial charge in [0.2, 0.25) is 0 Å². The summed E-state index contributed by atoms with van der Waals surface area (Å²) in [4.78, 5) is 9.36. The molecular weight excluding hydrogens is 278 g/mol. The predicted octanol–water partition coefficient (Wildman–Crippen LogP) is 4.06. The average Bonchev–Trinajstić information content (AvgIpc) is 2.33. The fourth-order valence-corrected chi connectivity index (χ4v) is 2.82. The van der Waals surface area contributed by atoms with Gasteiger partial charge in [-0.1, -0.05) is 13.8 Å². The van der Waals surface area contributed by atoms with Gasteiger partial charge in [-0.3, -0.25) is 0 Å². The molecular formula is C17H31N3S. The Morgan fingerprint density at radius 2 is 1.67 bits per heavy atom. The molecule has 0 fully saturated rings. The van der Waals surface area contributed by atoms with E-state index in [4.69, 9.17) is 0 Å². The Hall–Kier alpha value is -0.610. The van der Waals surface area contributed by atoms with Crippen LogP contribution in [0.4, 0.5) is 0 Å². The Balaban J connectivity index is 2.59. The van der Waals surface area contributed by atoms with E-state index in [2.05, 4.69) is 63.8 Å². The normalized spacial score (nSPS) is 12.2. The molecule has 4 heteroatoms. The standard InChI is InChI=1S/C17H31N3S/c1-12(2)21-11-16-19-13(3)15(14(4)20-16)9-8-10-18-17(5,6)7/h12,18H,8-11H2,1-7H3. The molecule has 0 aliphatic rings. The maximum Gasteiger partial charge on any atom is 0.138 e. The number of nitrogens with one attached hydrogen (secondary N) is 1. The first-order valence-corrected chi connectivity index (χ1v) is 8.93. The molecule has 0 unspecified atom stereocenters. The van der Waals surface area contributed by atoms with Crippen molar-refractivity contribution in [2.45, 2.75) is 77.8 Å². The van der Waals surface area contributed by atoms with Crippen LogP contribution in [0.5, 0.6) is 0 Å². The molecule has 1 N–H and O–H groups in total. The van der Waals surface area contributed by atoms with E-state index in [-0.39, 0.29) is 5.54 Å². The number of hydrogen-bond donors (Lipinski definition) is 1. The molecule has 0 aliphatic carbocycles. The zero-order chi connectivity index (χ0) is 16.0.